The molecule has 2 saturated heterocycles. The molecule has 2 heterocycles. The molecule has 2 unspecified atom stereocenters. The minimum absolute atomic E-state index is 0.277. The van der Waals surface area contributed by atoms with Gasteiger partial charge in [-0.15, -0.1) is 0 Å². The van der Waals surface area contributed by atoms with Crippen LogP contribution in [0.5, 0.6) is 11.5 Å². The standard InChI is InChI=1S/C14H18O4/c1-2-10-3-4-11(15-6-12-7-16-12)5-14(10)18-9-13-8-17-13/h3-5,12-13H,2,6-9H2,1H3. The summed E-state index contributed by atoms with van der Waals surface area (Å²) in [5.74, 6) is 1.75. The van der Waals surface area contributed by atoms with Gasteiger partial charge in [0.25, 0.3) is 0 Å². The number of aryl methyl sites for hydroxylation is 1. The van der Waals surface area contributed by atoms with E-state index >= 15 is 0 Å². The summed E-state index contributed by atoms with van der Waals surface area (Å²) >= 11 is 0. The number of hydrogen-bond donors (Lipinski definition) is 0. The van der Waals surface area contributed by atoms with E-state index in [1.807, 2.05) is 12.1 Å². The van der Waals surface area contributed by atoms with Crippen LogP contribution < -0.4 is 9.47 Å². The van der Waals surface area contributed by atoms with E-state index in [4.69, 9.17) is 18.9 Å². The fourth-order valence-corrected chi connectivity index (χ4v) is 1.75. The number of epoxide rings is 2. The number of ether oxygens (including phenoxy) is 4. The Bertz CT molecular complexity index is 410. The van der Waals surface area contributed by atoms with Gasteiger partial charge in [0.05, 0.1) is 13.2 Å². The second-order valence-electron chi connectivity index (χ2n) is 4.66. The molecule has 2 aliphatic heterocycles. The molecular formula is C14H18O4. The summed E-state index contributed by atoms with van der Waals surface area (Å²) in [6.45, 7) is 5.00. The molecule has 0 aliphatic carbocycles. The van der Waals surface area contributed by atoms with E-state index in [0.29, 0.717) is 13.2 Å². The van der Waals surface area contributed by atoms with Crippen LogP contribution in [-0.2, 0) is 15.9 Å². The fraction of sp³-hybridized carbons (Fsp3) is 0.571. The third kappa shape index (κ3) is 3.15. The highest BCUT2D eigenvalue weighted by atomic mass is 16.6. The van der Waals surface area contributed by atoms with E-state index in [9.17, 15) is 0 Å². The average molecular weight is 250 g/mol. The van der Waals surface area contributed by atoms with Crippen molar-refractivity contribution in [3.8, 4) is 11.5 Å². The molecule has 2 fully saturated rings. The lowest BCUT2D eigenvalue weighted by atomic mass is 10.1. The molecule has 0 spiro atoms. The third-order valence-corrected chi connectivity index (χ3v) is 3.08. The van der Waals surface area contributed by atoms with E-state index in [-0.39, 0.29) is 12.2 Å². The van der Waals surface area contributed by atoms with Crippen LogP contribution in [0.25, 0.3) is 0 Å². The van der Waals surface area contributed by atoms with Crippen LogP contribution in [0.3, 0.4) is 0 Å². The molecular weight excluding hydrogens is 232 g/mol. The highest BCUT2D eigenvalue weighted by Gasteiger charge is 2.24. The van der Waals surface area contributed by atoms with Crippen LogP contribution in [0.4, 0.5) is 0 Å². The van der Waals surface area contributed by atoms with Crippen LogP contribution in [-0.4, -0.2) is 38.6 Å². The van der Waals surface area contributed by atoms with E-state index in [1.165, 1.54) is 5.56 Å². The molecule has 0 N–H and O–H groups in total. The Morgan fingerprint density at radius 2 is 1.78 bits per heavy atom. The zero-order valence-electron chi connectivity index (χ0n) is 10.6. The first-order chi connectivity index (χ1) is 8.85. The first-order valence-electron chi connectivity index (χ1n) is 6.47. The second kappa shape index (κ2) is 5.16. The average Bonchev–Trinajstić information content (AvgIpc) is 3.28. The van der Waals surface area contributed by atoms with Gasteiger partial charge in [-0.3, -0.25) is 0 Å². The zero-order chi connectivity index (χ0) is 12.4. The zero-order valence-corrected chi connectivity index (χ0v) is 10.6. The van der Waals surface area contributed by atoms with Crippen LogP contribution in [0.1, 0.15) is 12.5 Å². The Hall–Kier alpha value is -1.26. The van der Waals surface area contributed by atoms with Crippen molar-refractivity contribution >= 4 is 0 Å². The molecule has 0 aromatic heterocycles. The molecule has 4 nitrogen and oxygen atoms in total. The van der Waals surface area contributed by atoms with Crippen LogP contribution in [0, 0.1) is 0 Å². The normalized spacial score (nSPS) is 24.7. The molecule has 0 amide bonds. The van der Waals surface area contributed by atoms with Gasteiger partial charge < -0.3 is 18.9 Å². The molecule has 0 radical (unpaired) electrons. The molecule has 3 rings (SSSR count). The molecule has 2 atom stereocenters. The largest absolute Gasteiger partial charge is 0.491 e. The molecule has 0 saturated carbocycles. The lowest BCUT2D eigenvalue weighted by Gasteiger charge is -2.12. The van der Waals surface area contributed by atoms with Gasteiger partial charge in [-0.05, 0) is 18.1 Å². The van der Waals surface area contributed by atoms with Gasteiger partial charge in [0.2, 0.25) is 0 Å². The number of rotatable bonds is 7. The number of benzene rings is 1. The van der Waals surface area contributed by atoms with E-state index in [1.54, 1.807) is 0 Å². The Kier molecular flexibility index (Phi) is 3.39. The third-order valence-electron chi connectivity index (χ3n) is 3.08. The molecule has 1 aromatic carbocycles. The quantitative estimate of drug-likeness (QED) is 0.692. The highest BCUT2D eigenvalue weighted by molar-refractivity contribution is 5.40. The monoisotopic (exact) mass is 250 g/mol. The van der Waals surface area contributed by atoms with Crippen LogP contribution in [0.2, 0.25) is 0 Å². The molecule has 4 heteroatoms. The van der Waals surface area contributed by atoms with E-state index in [2.05, 4.69) is 13.0 Å². The van der Waals surface area contributed by atoms with E-state index in [0.717, 1.165) is 31.1 Å². The van der Waals surface area contributed by atoms with Crippen molar-refractivity contribution in [3.05, 3.63) is 23.8 Å². The predicted molar refractivity (Wildman–Crippen MR) is 66.3 cm³/mol. The fourth-order valence-electron chi connectivity index (χ4n) is 1.75. The van der Waals surface area contributed by atoms with Gasteiger partial charge in [0, 0.05) is 6.07 Å². The van der Waals surface area contributed by atoms with Gasteiger partial charge >= 0.3 is 0 Å². The highest BCUT2D eigenvalue weighted by Crippen LogP contribution is 2.27. The van der Waals surface area contributed by atoms with Gasteiger partial charge in [-0.2, -0.15) is 0 Å². The Morgan fingerprint density at radius 1 is 1.11 bits per heavy atom. The summed E-state index contributed by atoms with van der Waals surface area (Å²) in [5.41, 5.74) is 1.20. The lowest BCUT2D eigenvalue weighted by molar-refractivity contribution is 0.251. The van der Waals surface area contributed by atoms with Crippen LogP contribution in [0.15, 0.2) is 18.2 Å². The van der Waals surface area contributed by atoms with Crippen molar-refractivity contribution in [2.24, 2.45) is 0 Å². The minimum Gasteiger partial charge on any atom is -0.491 e. The van der Waals surface area contributed by atoms with E-state index < -0.39 is 0 Å². The van der Waals surface area contributed by atoms with Gasteiger partial charge in [0.15, 0.2) is 0 Å². The smallest absolute Gasteiger partial charge is 0.126 e. The Balaban J connectivity index is 1.63. The van der Waals surface area contributed by atoms with Crippen molar-refractivity contribution in [1.29, 1.82) is 0 Å². The number of hydrogen-bond acceptors (Lipinski definition) is 4. The Morgan fingerprint density at radius 3 is 2.39 bits per heavy atom. The maximum absolute atomic E-state index is 5.78. The molecule has 1 aromatic rings. The lowest BCUT2D eigenvalue weighted by Crippen LogP contribution is -2.07. The van der Waals surface area contributed by atoms with Crippen molar-refractivity contribution in [1.82, 2.24) is 0 Å². The van der Waals surface area contributed by atoms with Crippen molar-refractivity contribution < 1.29 is 18.9 Å². The first kappa shape index (κ1) is 11.8. The van der Waals surface area contributed by atoms with Gasteiger partial charge in [-0.1, -0.05) is 13.0 Å². The summed E-state index contributed by atoms with van der Waals surface area (Å²) < 4.78 is 21.7. The van der Waals surface area contributed by atoms with Gasteiger partial charge in [-0.25, -0.2) is 0 Å². The van der Waals surface area contributed by atoms with Crippen molar-refractivity contribution in [3.63, 3.8) is 0 Å². The van der Waals surface area contributed by atoms with Crippen molar-refractivity contribution in [2.45, 2.75) is 25.6 Å². The predicted octanol–water partition coefficient (Wildman–Crippen LogP) is 1.80. The maximum Gasteiger partial charge on any atom is 0.126 e. The molecule has 18 heavy (non-hydrogen) atoms. The summed E-state index contributed by atoms with van der Waals surface area (Å²) in [7, 11) is 0. The van der Waals surface area contributed by atoms with Crippen molar-refractivity contribution in [2.75, 3.05) is 26.4 Å². The summed E-state index contributed by atoms with van der Waals surface area (Å²) in [5, 5.41) is 0. The first-order valence-corrected chi connectivity index (χ1v) is 6.47. The van der Waals surface area contributed by atoms with Gasteiger partial charge in [0.1, 0.15) is 36.9 Å². The maximum atomic E-state index is 5.78. The summed E-state index contributed by atoms with van der Waals surface area (Å²) in [6, 6.07) is 6.01. The topological polar surface area (TPSA) is 43.5 Å². The molecule has 98 valence electrons. The molecule has 0 bridgehead atoms. The summed E-state index contributed by atoms with van der Waals surface area (Å²) in [6.07, 6.45) is 1.51. The molecule has 2 aliphatic rings. The van der Waals surface area contributed by atoms with Crippen LogP contribution >= 0.6 is 0 Å². The minimum atomic E-state index is 0.277. The Labute approximate surface area is 107 Å². The summed E-state index contributed by atoms with van der Waals surface area (Å²) in [4.78, 5) is 0. The SMILES string of the molecule is CCc1ccc(OCC2CO2)cc1OCC1CO1. The second-order valence-corrected chi connectivity index (χ2v) is 4.66.